The maximum absolute atomic E-state index is 5.58. The van der Waals surface area contributed by atoms with Gasteiger partial charge < -0.3 is 9.26 Å². The van der Waals surface area contributed by atoms with Crippen LogP contribution in [0.4, 0.5) is 0 Å². The molecule has 2 aromatic rings. The Bertz CT molecular complexity index is 536. The van der Waals surface area contributed by atoms with E-state index < -0.39 is 0 Å². The number of aromatic nitrogens is 6. The highest BCUT2D eigenvalue weighted by atomic mass is 32.2. The topological polar surface area (TPSA) is 91.8 Å². The summed E-state index contributed by atoms with van der Waals surface area (Å²) >= 11 is 1.48. The van der Waals surface area contributed by atoms with E-state index in [4.69, 9.17) is 9.26 Å². The fourth-order valence-corrected chi connectivity index (χ4v) is 2.64. The van der Waals surface area contributed by atoms with Crippen molar-refractivity contribution in [3.63, 3.8) is 0 Å². The smallest absolute Gasteiger partial charge is 0.237 e. The summed E-state index contributed by atoms with van der Waals surface area (Å²) in [5, 5.41) is 16.2. The average molecular weight is 282 g/mol. The lowest BCUT2D eigenvalue weighted by atomic mass is 10.2. The molecule has 1 aliphatic rings. The van der Waals surface area contributed by atoms with Gasteiger partial charge in [-0.1, -0.05) is 16.9 Å². The third-order valence-corrected chi connectivity index (χ3v) is 3.74. The molecule has 3 heterocycles. The highest BCUT2D eigenvalue weighted by molar-refractivity contribution is 7.98. The van der Waals surface area contributed by atoms with Crippen molar-refractivity contribution in [3.8, 4) is 0 Å². The van der Waals surface area contributed by atoms with E-state index >= 15 is 0 Å². The second-order valence-corrected chi connectivity index (χ2v) is 5.25. The van der Waals surface area contributed by atoms with E-state index in [9.17, 15) is 0 Å². The predicted molar refractivity (Wildman–Crippen MR) is 65.4 cm³/mol. The Kier molecular flexibility index (Phi) is 3.74. The Morgan fingerprint density at radius 3 is 3.16 bits per heavy atom. The second kappa shape index (κ2) is 5.66. The highest BCUT2D eigenvalue weighted by Crippen LogP contribution is 2.21. The lowest BCUT2D eigenvalue weighted by Crippen LogP contribution is -2.16. The zero-order valence-electron chi connectivity index (χ0n) is 10.5. The van der Waals surface area contributed by atoms with Crippen molar-refractivity contribution in [2.45, 2.75) is 43.3 Å². The van der Waals surface area contributed by atoms with Gasteiger partial charge in [0.25, 0.3) is 0 Å². The maximum Gasteiger partial charge on any atom is 0.237 e. The molecule has 0 radical (unpaired) electrons. The van der Waals surface area contributed by atoms with Gasteiger partial charge in [0.15, 0.2) is 5.82 Å². The molecule has 0 amide bonds. The SMILES string of the molecule is Cc1noc(CSc2nnnn2CC2CCCO2)n1. The molecule has 1 aliphatic heterocycles. The summed E-state index contributed by atoms with van der Waals surface area (Å²) < 4.78 is 12.4. The Balaban J connectivity index is 1.59. The first-order valence-electron chi connectivity index (χ1n) is 6.11. The molecule has 0 aliphatic carbocycles. The largest absolute Gasteiger partial charge is 0.376 e. The van der Waals surface area contributed by atoms with Crippen LogP contribution in [0.15, 0.2) is 9.68 Å². The molecular formula is C10H14N6O2S. The van der Waals surface area contributed by atoms with Gasteiger partial charge in [-0.05, 0) is 30.2 Å². The Hall–Kier alpha value is -1.48. The molecule has 9 heteroatoms. The lowest BCUT2D eigenvalue weighted by Gasteiger charge is -2.09. The molecular weight excluding hydrogens is 268 g/mol. The normalized spacial score (nSPS) is 19.1. The molecule has 0 saturated carbocycles. The molecule has 0 aromatic carbocycles. The molecule has 1 saturated heterocycles. The first kappa shape index (κ1) is 12.5. The van der Waals surface area contributed by atoms with Crippen molar-refractivity contribution in [3.05, 3.63) is 11.7 Å². The third kappa shape index (κ3) is 3.10. The van der Waals surface area contributed by atoms with E-state index in [1.807, 2.05) is 0 Å². The van der Waals surface area contributed by atoms with Gasteiger partial charge in [-0.25, -0.2) is 4.68 Å². The summed E-state index contributed by atoms with van der Waals surface area (Å²) in [5.41, 5.74) is 0. The van der Waals surface area contributed by atoms with E-state index in [0.717, 1.165) is 24.6 Å². The van der Waals surface area contributed by atoms with Gasteiger partial charge in [0.1, 0.15) is 0 Å². The van der Waals surface area contributed by atoms with Crippen molar-refractivity contribution >= 4 is 11.8 Å². The number of tetrazole rings is 1. The highest BCUT2D eigenvalue weighted by Gasteiger charge is 2.19. The van der Waals surface area contributed by atoms with Gasteiger partial charge in [0.05, 0.1) is 18.4 Å². The minimum absolute atomic E-state index is 0.216. The van der Waals surface area contributed by atoms with Crippen LogP contribution in [-0.2, 0) is 17.0 Å². The minimum Gasteiger partial charge on any atom is -0.376 e. The number of thioether (sulfide) groups is 1. The zero-order valence-corrected chi connectivity index (χ0v) is 11.3. The van der Waals surface area contributed by atoms with Crippen LogP contribution >= 0.6 is 11.8 Å². The van der Waals surface area contributed by atoms with E-state index in [-0.39, 0.29) is 6.10 Å². The van der Waals surface area contributed by atoms with Crippen LogP contribution < -0.4 is 0 Å². The van der Waals surface area contributed by atoms with Gasteiger partial charge in [0.2, 0.25) is 11.0 Å². The molecule has 3 rings (SSSR count). The molecule has 1 fully saturated rings. The average Bonchev–Trinajstić information content (AvgIpc) is 3.10. The summed E-state index contributed by atoms with van der Waals surface area (Å²) in [7, 11) is 0. The van der Waals surface area contributed by atoms with Gasteiger partial charge in [-0.2, -0.15) is 4.98 Å². The van der Waals surface area contributed by atoms with Crippen molar-refractivity contribution in [2.75, 3.05) is 6.61 Å². The van der Waals surface area contributed by atoms with Crippen LogP contribution in [-0.4, -0.2) is 43.1 Å². The molecule has 2 aromatic heterocycles. The summed E-state index contributed by atoms with van der Waals surface area (Å²) in [6, 6.07) is 0. The van der Waals surface area contributed by atoms with Crippen molar-refractivity contribution in [1.29, 1.82) is 0 Å². The van der Waals surface area contributed by atoms with E-state index in [1.54, 1.807) is 11.6 Å². The molecule has 0 N–H and O–H groups in total. The number of hydrogen-bond acceptors (Lipinski definition) is 8. The quantitative estimate of drug-likeness (QED) is 0.745. The van der Waals surface area contributed by atoms with Gasteiger partial charge in [0, 0.05) is 6.61 Å². The van der Waals surface area contributed by atoms with Crippen LogP contribution in [0.1, 0.15) is 24.6 Å². The molecule has 1 atom stereocenters. The molecule has 19 heavy (non-hydrogen) atoms. The molecule has 8 nitrogen and oxygen atoms in total. The van der Waals surface area contributed by atoms with Crippen molar-refractivity contribution in [2.24, 2.45) is 0 Å². The van der Waals surface area contributed by atoms with Gasteiger partial charge in [-0.3, -0.25) is 0 Å². The van der Waals surface area contributed by atoms with E-state index in [0.29, 0.717) is 24.0 Å². The number of ether oxygens (including phenoxy) is 1. The summed E-state index contributed by atoms with van der Waals surface area (Å²) in [6.45, 7) is 3.31. The number of aryl methyl sites for hydroxylation is 1. The second-order valence-electron chi connectivity index (χ2n) is 4.30. The molecule has 0 bridgehead atoms. The first-order valence-corrected chi connectivity index (χ1v) is 7.09. The maximum atomic E-state index is 5.58. The number of hydrogen-bond donors (Lipinski definition) is 0. The van der Waals surface area contributed by atoms with Crippen LogP contribution in [0, 0.1) is 6.92 Å². The van der Waals surface area contributed by atoms with Crippen LogP contribution in [0.3, 0.4) is 0 Å². The number of rotatable bonds is 5. The Morgan fingerprint density at radius 2 is 2.42 bits per heavy atom. The lowest BCUT2D eigenvalue weighted by molar-refractivity contribution is 0.0912. The predicted octanol–water partition coefficient (Wildman–Crippen LogP) is 0.836. The van der Waals surface area contributed by atoms with Crippen LogP contribution in [0.5, 0.6) is 0 Å². The van der Waals surface area contributed by atoms with E-state index in [1.165, 1.54) is 11.8 Å². The van der Waals surface area contributed by atoms with Crippen LogP contribution in [0.25, 0.3) is 0 Å². The van der Waals surface area contributed by atoms with Crippen molar-refractivity contribution < 1.29 is 9.26 Å². The summed E-state index contributed by atoms with van der Waals surface area (Å²) in [5.74, 6) is 1.77. The molecule has 102 valence electrons. The minimum atomic E-state index is 0.216. The van der Waals surface area contributed by atoms with Gasteiger partial charge >= 0.3 is 0 Å². The Labute approximate surface area is 113 Å². The monoisotopic (exact) mass is 282 g/mol. The van der Waals surface area contributed by atoms with Crippen molar-refractivity contribution in [1.82, 2.24) is 30.3 Å². The van der Waals surface area contributed by atoms with Gasteiger partial charge in [-0.15, -0.1) is 5.10 Å². The molecule has 0 spiro atoms. The van der Waals surface area contributed by atoms with E-state index in [2.05, 4.69) is 25.7 Å². The molecule has 1 unspecified atom stereocenters. The fraction of sp³-hybridized carbons (Fsp3) is 0.700. The first-order chi connectivity index (χ1) is 9.31. The zero-order chi connectivity index (χ0) is 13.1. The third-order valence-electron chi connectivity index (χ3n) is 2.79. The Morgan fingerprint density at radius 1 is 1.47 bits per heavy atom. The summed E-state index contributed by atoms with van der Waals surface area (Å²) in [4.78, 5) is 4.14. The fourth-order valence-electron chi connectivity index (χ4n) is 1.92. The summed E-state index contributed by atoms with van der Waals surface area (Å²) in [6.07, 6.45) is 2.39. The standard InChI is InChI=1S/C10H14N6O2S/c1-7-11-9(18-13-7)6-19-10-12-14-15-16(10)5-8-3-2-4-17-8/h8H,2-6H2,1H3. The van der Waals surface area contributed by atoms with Crippen LogP contribution in [0.2, 0.25) is 0 Å². The number of nitrogens with zero attached hydrogens (tertiary/aromatic N) is 6.